The molecular formula is C21H32N4O3S. The van der Waals surface area contributed by atoms with Crippen LogP contribution in [0.4, 0.5) is 0 Å². The van der Waals surface area contributed by atoms with Crippen molar-refractivity contribution in [3.8, 4) is 5.75 Å². The molecule has 4 rings (SSSR count). The van der Waals surface area contributed by atoms with Gasteiger partial charge in [-0.15, -0.1) is 0 Å². The minimum atomic E-state index is -0.264. The molecule has 7 nitrogen and oxygen atoms in total. The standard InChI is InChI=1S/C21H32N4O3S/c1-2-28-18-7-8-19-20(11-18)25(15-23-10-4-6-17(27)13-23)21(29)24(19)14-22-9-3-5-16(26)12-22/h7-8,11,16-17,26-27H,2-6,9-10,12-15H2,1H3/t16-,17-/m0/s1. The molecule has 0 amide bonds. The summed E-state index contributed by atoms with van der Waals surface area (Å²) in [5.74, 6) is 0.841. The third kappa shape index (κ3) is 4.67. The first-order valence-corrected chi connectivity index (χ1v) is 11.1. The van der Waals surface area contributed by atoms with Gasteiger partial charge in [0, 0.05) is 32.2 Å². The molecule has 3 heterocycles. The molecule has 2 saturated heterocycles. The average Bonchev–Trinajstić information content (AvgIpc) is 2.94. The topological polar surface area (TPSA) is 66.0 Å². The molecule has 2 atom stereocenters. The van der Waals surface area contributed by atoms with Crippen molar-refractivity contribution in [1.82, 2.24) is 18.9 Å². The number of rotatable bonds is 6. The van der Waals surface area contributed by atoms with Crippen LogP contribution in [0.2, 0.25) is 0 Å². The number of hydrogen-bond donors (Lipinski definition) is 2. The maximum atomic E-state index is 10.1. The molecule has 160 valence electrons. The number of aromatic nitrogens is 2. The lowest BCUT2D eigenvalue weighted by atomic mass is 10.1. The summed E-state index contributed by atoms with van der Waals surface area (Å²) < 4.78 is 10.8. The lowest BCUT2D eigenvalue weighted by molar-refractivity contribution is 0.0515. The fraction of sp³-hybridized carbons (Fsp3) is 0.667. The Morgan fingerprint density at radius 3 is 2.10 bits per heavy atom. The summed E-state index contributed by atoms with van der Waals surface area (Å²) in [6, 6.07) is 6.14. The minimum absolute atomic E-state index is 0.259. The van der Waals surface area contributed by atoms with Crippen molar-refractivity contribution in [3.05, 3.63) is 23.0 Å². The van der Waals surface area contributed by atoms with Crippen molar-refractivity contribution < 1.29 is 14.9 Å². The Morgan fingerprint density at radius 1 is 0.966 bits per heavy atom. The summed E-state index contributed by atoms with van der Waals surface area (Å²) in [7, 11) is 0. The second kappa shape index (κ2) is 9.14. The van der Waals surface area contributed by atoms with Gasteiger partial charge in [-0.2, -0.15) is 0 Å². The van der Waals surface area contributed by atoms with E-state index in [4.69, 9.17) is 17.0 Å². The van der Waals surface area contributed by atoms with Crippen molar-refractivity contribution in [1.29, 1.82) is 0 Å². The lowest BCUT2D eigenvalue weighted by Crippen LogP contribution is -2.40. The van der Waals surface area contributed by atoms with E-state index in [2.05, 4.69) is 31.1 Å². The zero-order chi connectivity index (χ0) is 20.4. The van der Waals surface area contributed by atoms with Gasteiger partial charge in [0.1, 0.15) is 5.75 Å². The molecule has 1 aromatic carbocycles. The van der Waals surface area contributed by atoms with Gasteiger partial charge in [-0.25, -0.2) is 0 Å². The number of imidazole rings is 1. The van der Waals surface area contributed by atoms with Crippen LogP contribution in [-0.2, 0) is 13.3 Å². The summed E-state index contributed by atoms with van der Waals surface area (Å²) in [6.07, 6.45) is 3.23. The molecule has 2 aliphatic heterocycles. The van der Waals surface area contributed by atoms with Gasteiger partial charge in [-0.05, 0) is 57.0 Å². The number of nitrogens with zero attached hydrogens (tertiary/aromatic N) is 4. The first kappa shape index (κ1) is 20.8. The second-order valence-corrected chi connectivity index (χ2v) is 8.62. The van der Waals surface area contributed by atoms with Crippen molar-refractivity contribution in [2.24, 2.45) is 0 Å². The summed E-state index contributed by atoms with van der Waals surface area (Å²) in [5.41, 5.74) is 2.13. The summed E-state index contributed by atoms with van der Waals surface area (Å²) in [5, 5.41) is 20.1. The lowest BCUT2D eigenvalue weighted by Gasteiger charge is -2.31. The Balaban J connectivity index is 1.69. The van der Waals surface area contributed by atoms with Gasteiger partial charge in [0.05, 0.1) is 43.2 Å². The number of β-amino-alcohol motifs (C(OH)–C–C–N with tert-alkyl or cyclic N) is 2. The van der Waals surface area contributed by atoms with Crippen LogP contribution < -0.4 is 4.74 Å². The molecule has 0 bridgehead atoms. The summed E-state index contributed by atoms with van der Waals surface area (Å²) in [4.78, 5) is 4.54. The van der Waals surface area contributed by atoms with Crippen molar-refractivity contribution in [3.63, 3.8) is 0 Å². The number of ether oxygens (including phenoxy) is 1. The van der Waals surface area contributed by atoms with Crippen molar-refractivity contribution in [2.75, 3.05) is 32.8 Å². The zero-order valence-corrected chi connectivity index (χ0v) is 18.0. The van der Waals surface area contributed by atoms with Crippen LogP contribution in [0.1, 0.15) is 32.6 Å². The van der Waals surface area contributed by atoms with Crippen LogP contribution in [0.5, 0.6) is 5.75 Å². The van der Waals surface area contributed by atoms with E-state index in [9.17, 15) is 10.2 Å². The quantitative estimate of drug-likeness (QED) is 0.700. The first-order chi connectivity index (χ1) is 14.0. The normalized spacial score (nSPS) is 24.2. The second-order valence-electron chi connectivity index (χ2n) is 8.25. The molecule has 0 aliphatic carbocycles. The number of likely N-dealkylation sites (tertiary alicyclic amines) is 2. The molecule has 8 heteroatoms. The maximum absolute atomic E-state index is 10.1. The van der Waals surface area contributed by atoms with E-state index in [1.807, 2.05) is 13.0 Å². The number of aliphatic hydroxyl groups excluding tert-OH is 2. The van der Waals surface area contributed by atoms with Crippen LogP contribution >= 0.6 is 12.2 Å². The average molecular weight is 421 g/mol. The molecule has 0 radical (unpaired) electrons. The van der Waals surface area contributed by atoms with Crippen LogP contribution in [0.25, 0.3) is 11.0 Å². The number of fused-ring (bicyclic) bond motifs is 1. The van der Waals surface area contributed by atoms with E-state index < -0.39 is 0 Å². The maximum Gasteiger partial charge on any atom is 0.183 e. The Morgan fingerprint density at radius 2 is 1.55 bits per heavy atom. The highest BCUT2D eigenvalue weighted by Crippen LogP contribution is 2.26. The van der Waals surface area contributed by atoms with Gasteiger partial charge < -0.3 is 24.1 Å². The van der Waals surface area contributed by atoms with E-state index in [0.29, 0.717) is 33.0 Å². The van der Waals surface area contributed by atoms with Gasteiger partial charge in [-0.3, -0.25) is 9.80 Å². The first-order valence-electron chi connectivity index (χ1n) is 10.7. The molecule has 1 aromatic heterocycles. The van der Waals surface area contributed by atoms with Crippen LogP contribution in [0, 0.1) is 4.77 Å². The largest absolute Gasteiger partial charge is 0.494 e. The number of aliphatic hydroxyl groups is 2. The molecule has 29 heavy (non-hydrogen) atoms. The Bertz CT molecular complexity index is 896. The Kier molecular flexibility index (Phi) is 6.56. The molecule has 0 saturated carbocycles. The van der Waals surface area contributed by atoms with Gasteiger partial charge >= 0.3 is 0 Å². The highest BCUT2D eigenvalue weighted by Gasteiger charge is 2.22. The SMILES string of the molecule is CCOc1ccc2c(c1)n(CN1CCC[C@H](O)C1)c(=S)n2CN1CCC[C@H](O)C1. The smallest absolute Gasteiger partial charge is 0.183 e. The molecule has 0 unspecified atom stereocenters. The zero-order valence-electron chi connectivity index (χ0n) is 17.2. The summed E-state index contributed by atoms with van der Waals surface area (Å²) in [6.45, 7) is 7.25. The molecule has 2 fully saturated rings. The van der Waals surface area contributed by atoms with Crippen molar-refractivity contribution in [2.45, 2.75) is 58.2 Å². The molecule has 2 aliphatic rings. The highest BCUT2D eigenvalue weighted by atomic mass is 32.1. The third-order valence-electron chi connectivity index (χ3n) is 5.95. The molecule has 0 spiro atoms. The number of piperidine rings is 2. The fourth-order valence-corrected chi connectivity index (χ4v) is 4.86. The van der Waals surface area contributed by atoms with Gasteiger partial charge in [-0.1, -0.05) is 0 Å². The van der Waals surface area contributed by atoms with E-state index in [1.165, 1.54) is 0 Å². The molecular weight excluding hydrogens is 388 g/mol. The minimum Gasteiger partial charge on any atom is -0.494 e. The Hall–Kier alpha value is -1.45. The van der Waals surface area contributed by atoms with Gasteiger partial charge in [0.15, 0.2) is 4.77 Å². The monoisotopic (exact) mass is 420 g/mol. The van der Waals surface area contributed by atoms with E-state index in [0.717, 1.165) is 60.3 Å². The van der Waals surface area contributed by atoms with E-state index in [-0.39, 0.29) is 12.2 Å². The van der Waals surface area contributed by atoms with Crippen molar-refractivity contribution >= 4 is 23.3 Å². The van der Waals surface area contributed by atoms with Gasteiger partial charge in [0.25, 0.3) is 0 Å². The number of benzene rings is 1. The Labute approximate surface area is 177 Å². The van der Waals surface area contributed by atoms with Crippen LogP contribution in [0.3, 0.4) is 0 Å². The predicted octanol–water partition coefficient (Wildman–Crippen LogP) is 2.40. The number of hydrogen-bond acceptors (Lipinski definition) is 6. The molecule has 2 aromatic rings. The highest BCUT2D eigenvalue weighted by molar-refractivity contribution is 7.71. The van der Waals surface area contributed by atoms with E-state index >= 15 is 0 Å². The third-order valence-corrected chi connectivity index (χ3v) is 6.39. The summed E-state index contributed by atoms with van der Waals surface area (Å²) >= 11 is 5.90. The van der Waals surface area contributed by atoms with Crippen LogP contribution in [-0.4, -0.2) is 74.1 Å². The predicted molar refractivity (Wildman–Crippen MR) is 116 cm³/mol. The van der Waals surface area contributed by atoms with Gasteiger partial charge in [0.2, 0.25) is 0 Å². The fourth-order valence-electron chi connectivity index (χ4n) is 4.55. The molecule has 2 N–H and O–H groups in total. The van der Waals surface area contributed by atoms with E-state index in [1.54, 1.807) is 0 Å². The van der Waals surface area contributed by atoms with Crippen LogP contribution in [0.15, 0.2) is 18.2 Å².